The Bertz CT molecular complexity index is 3220. The number of allylic oxidation sites excluding steroid dienone is 6. The van der Waals surface area contributed by atoms with Crippen LogP contribution in [-0.2, 0) is 0 Å². The zero-order valence-corrected chi connectivity index (χ0v) is 33.1. The molecule has 1 aliphatic rings. The number of thiophene rings is 1. The van der Waals surface area contributed by atoms with Gasteiger partial charge in [0.25, 0.3) is 0 Å². The largest absolute Gasteiger partial charge is 0.309 e. The van der Waals surface area contributed by atoms with E-state index in [4.69, 9.17) is 15.0 Å². The van der Waals surface area contributed by atoms with Gasteiger partial charge in [0.1, 0.15) is 0 Å². The molecule has 276 valence electrons. The Morgan fingerprint density at radius 3 is 2.21 bits per heavy atom. The maximum absolute atomic E-state index is 5.36. The molecule has 4 nitrogen and oxygen atoms in total. The predicted octanol–water partition coefficient (Wildman–Crippen LogP) is 12.2. The molecule has 58 heavy (non-hydrogen) atoms. The van der Waals surface area contributed by atoms with Crippen LogP contribution >= 0.6 is 11.3 Å². The van der Waals surface area contributed by atoms with Crippen molar-refractivity contribution in [2.24, 2.45) is 0 Å². The van der Waals surface area contributed by atoms with Crippen LogP contribution in [0, 0.1) is 12.1 Å². The molecule has 0 saturated heterocycles. The summed E-state index contributed by atoms with van der Waals surface area (Å²) in [5.74, 6) is 1.87. The average Bonchev–Trinajstić information content (AvgIpc) is 3.83. The van der Waals surface area contributed by atoms with E-state index in [9.17, 15) is 0 Å². The lowest BCUT2D eigenvalue weighted by molar-refractivity contribution is 1.04. The molecular weight excluding hydrogens is 725 g/mol. The molecule has 0 spiro atoms. The fourth-order valence-corrected chi connectivity index (χ4v) is 9.35. The molecule has 9 aromatic rings. The number of rotatable bonds is 8. The Kier molecular flexibility index (Phi) is 9.18. The van der Waals surface area contributed by atoms with Crippen LogP contribution in [0.2, 0.25) is 0 Å². The molecule has 0 amide bonds. The maximum Gasteiger partial charge on any atom is 0.165 e. The highest BCUT2D eigenvalue weighted by Crippen LogP contribution is 2.38. The quantitative estimate of drug-likeness (QED) is 0.145. The molecule has 6 aromatic carbocycles. The molecular formula is C53H38N4S. The van der Waals surface area contributed by atoms with Gasteiger partial charge in [-0.25, -0.2) is 15.0 Å². The van der Waals surface area contributed by atoms with Crippen molar-refractivity contribution in [2.45, 2.75) is 26.7 Å². The molecule has 0 atom stereocenters. The highest BCUT2D eigenvalue weighted by atomic mass is 32.1. The second-order valence-electron chi connectivity index (χ2n) is 14.4. The van der Waals surface area contributed by atoms with Crippen LogP contribution in [0.5, 0.6) is 0 Å². The number of aromatic nitrogens is 4. The molecule has 3 aromatic heterocycles. The van der Waals surface area contributed by atoms with E-state index < -0.39 is 0 Å². The third-order valence-electron chi connectivity index (χ3n) is 10.8. The van der Waals surface area contributed by atoms with Gasteiger partial charge in [0, 0.05) is 53.3 Å². The predicted molar refractivity (Wildman–Crippen MR) is 244 cm³/mol. The van der Waals surface area contributed by atoms with Crippen LogP contribution in [0.4, 0.5) is 0 Å². The second kappa shape index (κ2) is 15.1. The smallest absolute Gasteiger partial charge is 0.165 e. The lowest BCUT2D eigenvalue weighted by Gasteiger charge is -2.14. The molecule has 5 heteroatoms. The van der Waals surface area contributed by atoms with E-state index in [1.54, 1.807) is 0 Å². The Morgan fingerprint density at radius 1 is 0.655 bits per heavy atom. The first-order chi connectivity index (χ1) is 28.7. The lowest BCUT2D eigenvalue weighted by Crippen LogP contribution is -2.20. The first kappa shape index (κ1) is 35.3. The van der Waals surface area contributed by atoms with Crippen molar-refractivity contribution >= 4 is 66.5 Å². The second-order valence-corrected chi connectivity index (χ2v) is 15.5. The molecule has 0 saturated carbocycles. The van der Waals surface area contributed by atoms with E-state index in [1.807, 2.05) is 61.6 Å². The van der Waals surface area contributed by atoms with Crippen molar-refractivity contribution < 1.29 is 0 Å². The third-order valence-corrected chi connectivity index (χ3v) is 12.1. The zero-order valence-electron chi connectivity index (χ0n) is 32.3. The number of benzene rings is 5. The van der Waals surface area contributed by atoms with Gasteiger partial charge in [0.05, 0.1) is 11.0 Å². The fourth-order valence-electron chi connectivity index (χ4n) is 8.08. The molecule has 3 heterocycles. The molecule has 1 aliphatic carbocycles. The molecule has 0 unspecified atom stereocenters. The van der Waals surface area contributed by atoms with Gasteiger partial charge in [-0.15, -0.1) is 11.3 Å². The molecule has 0 fully saturated rings. The zero-order chi connectivity index (χ0) is 39.0. The van der Waals surface area contributed by atoms with Crippen LogP contribution < -0.4 is 9.75 Å². The van der Waals surface area contributed by atoms with Gasteiger partial charge < -0.3 is 4.57 Å². The normalized spacial score (nSPS) is 13.1. The van der Waals surface area contributed by atoms with E-state index >= 15 is 0 Å². The van der Waals surface area contributed by atoms with Gasteiger partial charge in [-0.05, 0) is 91.1 Å². The maximum atomic E-state index is 5.36. The third kappa shape index (κ3) is 6.34. The van der Waals surface area contributed by atoms with Crippen molar-refractivity contribution in [1.82, 2.24) is 19.5 Å². The van der Waals surface area contributed by atoms with Gasteiger partial charge in [-0.3, -0.25) is 0 Å². The van der Waals surface area contributed by atoms with Crippen molar-refractivity contribution in [3.05, 3.63) is 191 Å². The van der Waals surface area contributed by atoms with Crippen molar-refractivity contribution in [1.29, 1.82) is 0 Å². The van der Waals surface area contributed by atoms with Gasteiger partial charge in [-0.2, -0.15) is 0 Å². The minimum Gasteiger partial charge on any atom is -0.309 e. The number of hydrogen-bond donors (Lipinski definition) is 0. The Hall–Kier alpha value is -7.13. The summed E-state index contributed by atoms with van der Waals surface area (Å²) in [5, 5.41) is 4.94. The summed E-state index contributed by atoms with van der Waals surface area (Å²) in [6.07, 6.45) is 15.2. The first-order valence-corrected chi connectivity index (χ1v) is 20.6. The Morgan fingerprint density at radius 2 is 1.41 bits per heavy atom. The molecule has 0 radical (unpaired) electrons. The van der Waals surface area contributed by atoms with E-state index in [2.05, 4.69) is 150 Å². The summed E-state index contributed by atoms with van der Waals surface area (Å²) >= 11 is 1.83. The summed E-state index contributed by atoms with van der Waals surface area (Å²) < 4.78 is 4.90. The van der Waals surface area contributed by atoms with Crippen molar-refractivity contribution in [3.8, 4) is 39.6 Å². The minimum atomic E-state index is 0.607. The van der Waals surface area contributed by atoms with Crippen LogP contribution in [0.3, 0.4) is 0 Å². The summed E-state index contributed by atoms with van der Waals surface area (Å²) in [5.41, 5.74) is 10.5. The van der Waals surface area contributed by atoms with Gasteiger partial charge in [0.2, 0.25) is 0 Å². The Balaban J connectivity index is 1.26. The molecule has 0 aliphatic heterocycles. The number of para-hydroxylation sites is 1. The van der Waals surface area contributed by atoms with E-state index in [0.717, 1.165) is 57.4 Å². The van der Waals surface area contributed by atoms with E-state index in [0.29, 0.717) is 17.5 Å². The van der Waals surface area contributed by atoms with Crippen LogP contribution in [-0.4, -0.2) is 19.5 Å². The van der Waals surface area contributed by atoms with E-state index in [-0.39, 0.29) is 0 Å². The van der Waals surface area contributed by atoms with Crippen molar-refractivity contribution in [2.75, 3.05) is 0 Å². The van der Waals surface area contributed by atoms with Crippen molar-refractivity contribution in [3.63, 3.8) is 0 Å². The van der Waals surface area contributed by atoms with Gasteiger partial charge in [0.15, 0.2) is 17.5 Å². The lowest BCUT2D eigenvalue weighted by atomic mass is 10.0. The monoisotopic (exact) mass is 762 g/mol. The van der Waals surface area contributed by atoms with E-state index in [1.165, 1.54) is 41.7 Å². The standard InChI is InChI=1S/C53H38N4S/c1-3-18-39(36-19-8-5-9-20-36)31-35(4-2)51-54-52(38-23-12-7-13-24-38)56-53(55-51)46-34-41(33-45-44-26-15-17-28-49(44)58-50(45)46)57-47-27-16-14-25-42(47)43-30-29-40(32-48(43)57)37-21-10-6-11-22-37/h3-8,10-14,16,18-19,21-34H,15,17H2,1-2H3/b18-3+,35-4+,39-31+. The van der Waals surface area contributed by atoms with Crippen LogP contribution in [0.25, 0.3) is 94.8 Å². The fraction of sp³-hybridized carbons (Fsp3) is 0.0755. The van der Waals surface area contributed by atoms with Gasteiger partial charge in [-0.1, -0.05) is 140 Å². The minimum absolute atomic E-state index is 0.607. The number of fused-ring (bicyclic) bond motifs is 6. The Labute approximate surface area is 341 Å². The summed E-state index contributed by atoms with van der Waals surface area (Å²) in [6, 6.07) is 53.4. The molecule has 0 bridgehead atoms. The first-order valence-electron chi connectivity index (χ1n) is 19.7. The SMILES string of the molecule is C/C=C/C(=C\C(=C/C)c1nc(-c2ccccc2)nc(-c2cc(-n3c4ccccc4c4ccc(-c5ccccc5)cc43)cc3c4c(sc23)=CCCC=4)n1)c1c#cccc1. The molecule has 0 N–H and O–H groups in total. The topological polar surface area (TPSA) is 43.6 Å². The summed E-state index contributed by atoms with van der Waals surface area (Å²) in [7, 11) is 0. The van der Waals surface area contributed by atoms with Crippen LogP contribution in [0.1, 0.15) is 38.1 Å². The number of hydrogen-bond acceptors (Lipinski definition) is 4. The van der Waals surface area contributed by atoms with Gasteiger partial charge >= 0.3 is 0 Å². The summed E-state index contributed by atoms with van der Waals surface area (Å²) in [6.45, 7) is 4.06. The highest BCUT2D eigenvalue weighted by Gasteiger charge is 2.21. The summed E-state index contributed by atoms with van der Waals surface area (Å²) in [4.78, 5) is 15.8. The number of nitrogens with zero attached hydrogens (tertiary/aromatic N) is 4. The average molecular weight is 763 g/mol. The van der Waals surface area contributed by atoms with Crippen LogP contribution in [0.15, 0.2) is 158 Å². The molecule has 10 rings (SSSR count). The highest BCUT2D eigenvalue weighted by molar-refractivity contribution is 7.17.